The van der Waals surface area contributed by atoms with Gasteiger partial charge in [0.2, 0.25) is 0 Å². The maximum Gasteiger partial charge on any atom is 0.143 e. The fourth-order valence-electron chi connectivity index (χ4n) is 9.60. The first-order valence-corrected chi connectivity index (χ1v) is 23.6. The smallest absolute Gasteiger partial charge is 0.143 e. The van der Waals surface area contributed by atoms with Crippen LogP contribution < -0.4 is 20.7 Å². The topological polar surface area (TPSA) is 26.3 Å². The molecule has 9 aromatic rings. The number of rotatable bonds is 2. The number of fused-ring (bicyclic) bond motifs is 15. The van der Waals surface area contributed by atoms with Gasteiger partial charge in [0.25, 0.3) is 0 Å². The highest BCUT2D eigenvalue weighted by atomic mass is 28.3. The van der Waals surface area contributed by atoms with Crippen LogP contribution in [0, 0.1) is 0 Å². The zero-order chi connectivity index (χ0) is 33.5. The summed E-state index contributed by atoms with van der Waals surface area (Å²) in [6.45, 7) is 10.3. The molecule has 2 aromatic heterocycles. The summed E-state index contributed by atoms with van der Waals surface area (Å²) in [4.78, 5) is 0. The number of hydrogen-bond acceptors (Lipinski definition) is 2. The molecule has 2 nitrogen and oxygen atoms in total. The van der Waals surface area contributed by atoms with E-state index in [1.54, 1.807) is 10.4 Å². The van der Waals surface area contributed by atoms with Crippen molar-refractivity contribution in [2.45, 2.75) is 26.2 Å². The number of para-hydroxylation sites is 2. The van der Waals surface area contributed by atoms with Crippen LogP contribution in [0.4, 0.5) is 0 Å². The lowest BCUT2D eigenvalue weighted by Gasteiger charge is -2.28. The minimum Gasteiger partial charge on any atom is -0.455 e. The summed E-state index contributed by atoms with van der Waals surface area (Å²) in [6.07, 6.45) is 0. The van der Waals surface area contributed by atoms with Gasteiger partial charge in [-0.3, -0.25) is 0 Å². The number of furan rings is 2. The van der Waals surface area contributed by atoms with Crippen molar-refractivity contribution in [3.05, 3.63) is 133 Å². The molecule has 0 saturated heterocycles. The fourth-order valence-corrected chi connectivity index (χ4v) is 18.1. The van der Waals surface area contributed by atoms with Gasteiger partial charge in [0, 0.05) is 32.7 Å². The van der Waals surface area contributed by atoms with Crippen LogP contribution in [0.1, 0.15) is 0 Å². The quantitative estimate of drug-likeness (QED) is 0.171. The summed E-state index contributed by atoms with van der Waals surface area (Å²) in [5.74, 6) is 0. The van der Waals surface area contributed by atoms with Crippen LogP contribution in [-0.4, -0.2) is 16.1 Å². The molecule has 0 amide bonds. The molecular formula is C46H34O2Si2. The molecule has 2 aliphatic rings. The maximum absolute atomic E-state index is 6.92. The zero-order valence-electron chi connectivity index (χ0n) is 28.5. The normalized spacial score (nSPS) is 15.1. The Morgan fingerprint density at radius 2 is 0.780 bits per heavy atom. The fraction of sp³-hybridized carbons (Fsp3) is 0.0870. The Morgan fingerprint density at radius 1 is 0.400 bits per heavy atom. The highest BCUT2D eigenvalue weighted by molar-refractivity contribution is 7.13. The summed E-state index contributed by atoms with van der Waals surface area (Å²) in [6, 6.07) is 48.8. The summed E-state index contributed by atoms with van der Waals surface area (Å²) < 4.78 is 13.8. The van der Waals surface area contributed by atoms with E-state index in [0.29, 0.717) is 0 Å². The maximum atomic E-state index is 6.92. The molecule has 4 heteroatoms. The van der Waals surface area contributed by atoms with Crippen LogP contribution >= 0.6 is 0 Å². The van der Waals surface area contributed by atoms with Crippen molar-refractivity contribution in [3.63, 3.8) is 0 Å². The molecular weight excluding hydrogens is 641 g/mol. The van der Waals surface area contributed by atoms with Gasteiger partial charge in [-0.2, -0.15) is 0 Å². The van der Waals surface area contributed by atoms with E-state index >= 15 is 0 Å². The minimum atomic E-state index is -2.23. The van der Waals surface area contributed by atoms with E-state index in [1.807, 2.05) is 0 Å². The Hall–Kier alpha value is -5.43. The second kappa shape index (κ2) is 9.63. The number of benzene rings is 7. The van der Waals surface area contributed by atoms with Gasteiger partial charge < -0.3 is 8.83 Å². The van der Waals surface area contributed by atoms with Crippen molar-refractivity contribution in [2.75, 3.05) is 0 Å². The molecule has 0 fully saturated rings. The molecule has 0 spiro atoms. The molecule has 11 rings (SSSR count). The lowest BCUT2D eigenvalue weighted by molar-refractivity contribution is 0.670. The van der Waals surface area contributed by atoms with E-state index in [-0.39, 0.29) is 0 Å². The van der Waals surface area contributed by atoms with E-state index in [1.165, 1.54) is 76.4 Å². The SMILES string of the molecule is C[Si]1(C)c2cc(-c3ccccc3)c3c(oc4ccccc43)c2-c2ccc3c(c21)[Si](C)(C)c1cc(-c2ccccc2)c2c(oc4ccccc42)c1-3. The predicted molar refractivity (Wildman–Crippen MR) is 216 cm³/mol. The summed E-state index contributed by atoms with van der Waals surface area (Å²) in [5, 5.41) is 10.9. The molecule has 7 aromatic carbocycles. The van der Waals surface area contributed by atoms with Crippen LogP contribution in [-0.2, 0) is 0 Å². The average molecular weight is 675 g/mol. The van der Waals surface area contributed by atoms with E-state index in [9.17, 15) is 0 Å². The molecule has 0 radical (unpaired) electrons. The van der Waals surface area contributed by atoms with Gasteiger partial charge in [-0.1, -0.05) is 148 Å². The standard InChI is InChI=1S/C46H34O2Si2/c1-49(2)37-25-33(27-15-7-5-8-16-27)39-29-19-11-13-21-35(29)47-43(39)41(37)31-23-24-32-42-38(50(3,4)46(32)45(31)49)26-34(28-17-9-6-10-18-28)40-30-20-12-14-22-36(30)48-44(40)42/h5-26H,1-4H3. The van der Waals surface area contributed by atoms with Crippen molar-refractivity contribution in [3.8, 4) is 44.5 Å². The largest absolute Gasteiger partial charge is 0.455 e. The van der Waals surface area contributed by atoms with Gasteiger partial charge in [0.15, 0.2) is 0 Å². The average Bonchev–Trinajstić information content (AvgIpc) is 3.84. The second-order valence-electron chi connectivity index (χ2n) is 15.2. The van der Waals surface area contributed by atoms with Gasteiger partial charge in [-0.05, 0) is 66.3 Å². The Morgan fingerprint density at radius 3 is 1.20 bits per heavy atom. The first-order valence-electron chi connectivity index (χ1n) is 17.6. The van der Waals surface area contributed by atoms with Crippen molar-refractivity contribution in [1.82, 2.24) is 0 Å². The zero-order valence-corrected chi connectivity index (χ0v) is 30.5. The van der Waals surface area contributed by atoms with E-state index < -0.39 is 16.1 Å². The molecule has 0 unspecified atom stereocenters. The van der Waals surface area contributed by atoms with E-state index in [4.69, 9.17) is 8.83 Å². The van der Waals surface area contributed by atoms with Crippen LogP contribution in [0.15, 0.2) is 142 Å². The second-order valence-corrected chi connectivity index (χ2v) is 23.8. The Balaban J connectivity index is 1.25. The molecule has 0 saturated carbocycles. The Bertz CT molecular complexity index is 2710. The lowest BCUT2D eigenvalue weighted by Crippen LogP contribution is -2.63. The van der Waals surface area contributed by atoms with Crippen molar-refractivity contribution in [1.29, 1.82) is 0 Å². The molecule has 0 aliphatic carbocycles. The highest BCUT2D eigenvalue weighted by Gasteiger charge is 2.49. The summed E-state index contributed by atoms with van der Waals surface area (Å²) in [5.41, 5.74) is 14.3. The molecule has 4 heterocycles. The van der Waals surface area contributed by atoms with Gasteiger partial charge in [-0.25, -0.2) is 0 Å². The van der Waals surface area contributed by atoms with E-state index in [2.05, 4.69) is 160 Å². The van der Waals surface area contributed by atoms with Crippen molar-refractivity contribution in [2.24, 2.45) is 0 Å². The molecule has 0 bridgehead atoms. The highest BCUT2D eigenvalue weighted by Crippen LogP contribution is 2.47. The third-order valence-corrected chi connectivity index (χ3v) is 19.1. The van der Waals surface area contributed by atoms with Crippen molar-refractivity contribution < 1.29 is 8.83 Å². The third kappa shape index (κ3) is 3.47. The predicted octanol–water partition coefficient (Wildman–Crippen LogP) is 10.4. The summed E-state index contributed by atoms with van der Waals surface area (Å²) in [7, 11) is -4.46. The molecule has 50 heavy (non-hydrogen) atoms. The molecule has 0 N–H and O–H groups in total. The Labute approximate surface area is 292 Å². The van der Waals surface area contributed by atoms with Crippen LogP contribution in [0.5, 0.6) is 0 Å². The van der Waals surface area contributed by atoms with Gasteiger partial charge >= 0.3 is 0 Å². The van der Waals surface area contributed by atoms with E-state index in [0.717, 1.165) is 22.3 Å². The van der Waals surface area contributed by atoms with Crippen LogP contribution in [0.2, 0.25) is 26.2 Å². The van der Waals surface area contributed by atoms with Gasteiger partial charge in [0.05, 0.1) is 0 Å². The molecule has 0 atom stereocenters. The minimum absolute atomic E-state index is 0.949. The Kier molecular flexibility index (Phi) is 5.47. The van der Waals surface area contributed by atoms with Crippen LogP contribution in [0.25, 0.3) is 88.4 Å². The lowest BCUT2D eigenvalue weighted by atomic mass is 9.92. The first-order chi connectivity index (χ1) is 24.3. The molecule has 238 valence electrons. The van der Waals surface area contributed by atoms with Gasteiger partial charge in [-0.15, -0.1) is 0 Å². The first kappa shape index (κ1) is 28.4. The third-order valence-electron chi connectivity index (χ3n) is 11.8. The molecule has 2 aliphatic heterocycles. The monoisotopic (exact) mass is 674 g/mol. The number of hydrogen-bond donors (Lipinski definition) is 0. The van der Waals surface area contributed by atoms with Crippen molar-refractivity contribution >= 4 is 80.8 Å². The van der Waals surface area contributed by atoms with Gasteiger partial charge in [0.1, 0.15) is 38.5 Å². The summed E-state index contributed by atoms with van der Waals surface area (Å²) >= 11 is 0. The van der Waals surface area contributed by atoms with Crippen LogP contribution in [0.3, 0.4) is 0 Å².